The third-order valence-corrected chi connectivity index (χ3v) is 5.96. The number of methoxy groups -OCH3 is 1. The van der Waals surface area contributed by atoms with Crippen LogP contribution in [0.15, 0.2) is 35.2 Å². The Morgan fingerprint density at radius 1 is 1.08 bits per heavy atom. The number of benzene rings is 2. The second kappa shape index (κ2) is 7.55. The van der Waals surface area contributed by atoms with E-state index in [1.807, 2.05) is 25.1 Å². The number of hydrogen-bond donors (Lipinski definition) is 1. The van der Waals surface area contributed by atoms with Gasteiger partial charge in [0.2, 0.25) is 16.8 Å². The van der Waals surface area contributed by atoms with Crippen molar-refractivity contribution in [2.45, 2.75) is 31.6 Å². The average Bonchev–Trinajstić information content (AvgIpc) is 3.08. The summed E-state index contributed by atoms with van der Waals surface area (Å²) in [6, 6.07) is 9.18. The summed E-state index contributed by atoms with van der Waals surface area (Å²) in [4.78, 5) is 0.291. The Labute approximate surface area is 154 Å². The standard InChI is InChI=1S/C19H23NO5S/c1-13-10-19(14(2)9-17(13)23-3)26(21,22)20-8-4-5-15-6-7-16-18(11-15)25-12-24-16/h6-7,9-11,20H,4-5,8,12H2,1-3H3. The van der Waals surface area contributed by atoms with Crippen LogP contribution in [0.3, 0.4) is 0 Å². The molecule has 0 saturated carbocycles. The molecule has 0 amide bonds. The predicted molar refractivity (Wildman–Crippen MR) is 98.5 cm³/mol. The first-order valence-electron chi connectivity index (χ1n) is 8.44. The lowest BCUT2D eigenvalue weighted by Crippen LogP contribution is -2.26. The highest BCUT2D eigenvalue weighted by Crippen LogP contribution is 2.32. The molecule has 2 aromatic rings. The number of nitrogens with one attached hydrogen (secondary N) is 1. The molecule has 0 fully saturated rings. The van der Waals surface area contributed by atoms with Crippen molar-refractivity contribution in [2.75, 3.05) is 20.4 Å². The Balaban J connectivity index is 1.59. The molecule has 1 N–H and O–H groups in total. The van der Waals surface area contributed by atoms with Gasteiger partial charge in [0, 0.05) is 6.54 Å². The van der Waals surface area contributed by atoms with Crippen LogP contribution in [-0.2, 0) is 16.4 Å². The van der Waals surface area contributed by atoms with Gasteiger partial charge < -0.3 is 14.2 Å². The summed E-state index contributed by atoms with van der Waals surface area (Å²) in [5.41, 5.74) is 2.54. The second-order valence-electron chi connectivity index (χ2n) is 6.28. The quantitative estimate of drug-likeness (QED) is 0.751. The van der Waals surface area contributed by atoms with E-state index in [0.29, 0.717) is 29.2 Å². The summed E-state index contributed by atoms with van der Waals surface area (Å²) in [5, 5.41) is 0. The number of ether oxygens (including phenoxy) is 3. The van der Waals surface area contributed by atoms with Crippen LogP contribution in [-0.4, -0.2) is 28.9 Å². The molecule has 26 heavy (non-hydrogen) atoms. The van der Waals surface area contributed by atoms with Gasteiger partial charge in [-0.2, -0.15) is 0 Å². The van der Waals surface area contributed by atoms with Gasteiger partial charge in [-0.3, -0.25) is 0 Å². The molecule has 1 aliphatic heterocycles. The topological polar surface area (TPSA) is 73.9 Å². The van der Waals surface area contributed by atoms with E-state index in [2.05, 4.69) is 4.72 Å². The van der Waals surface area contributed by atoms with Crippen LogP contribution in [0.5, 0.6) is 17.2 Å². The Bertz CT molecular complexity index is 908. The number of hydrogen-bond acceptors (Lipinski definition) is 5. The molecule has 0 bridgehead atoms. The van der Waals surface area contributed by atoms with Gasteiger partial charge in [0.1, 0.15) is 5.75 Å². The monoisotopic (exact) mass is 377 g/mol. The molecule has 0 spiro atoms. The van der Waals surface area contributed by atoms with E-state index < -0.39 is 10.0 Å². The third-order valence-electron chi connectivity index (χ3n) is 4.35. The summed E-state index contributed by atoms with van der Waals surface area (Å²) in [6.07, 6.45) is 1.44. The summed E-state index contributed by atoms with van der Waals surface area (Å²) < 4.78 is 43.7. The molecule has 0 atom stereocenters. The van der Waals surface area contributed by atoms with Gasteiger partial charge in [0.15, 0.2) is 11.5 Å². The van der Waals surface area contributed by atoms with E-state index in [4.69, 9.17) is 14.2 Å². The van der Waals surface area contributed by atoms with Crippen molar-refractivity contribution in [1.29, 1.82) is 0 Å². The number of aryl methyl sites for hydroxylation is 3. The van der Waals surface area contributed by atoms with E-state index >= 15 is 0 Å². The van der Waals surface area contributed by atoms with E-state index in [-0.39, 0.29) is 6.79 Å². The van der Waals surface area contributed by atoms with E-state index in [1.165, 1.54) is 0 Å². The molecule has 0 unspecified atom stereocenters. The first-order valence-corrected chi connectivity index (χ1v) is 9.92. The van der Waals surface area contributed by atoms with Crippen molar-refractivity contribution in [3.05, 3.63) is 47.0 Å². The first kappa shape index (κ1) is 18.5. The summed E-state index contributed by atoms with van der Waals surface area (Å²) >= 11 is 0. The van der Waals surface area contributed by atoms with Crippen molar-refractivity contribution in [2.24, 2.45) is 0 Å². The van der Waals surface area contributed by atoms with Crippen molar-refractivity contribution in [3.8, 4) is 17.2 Å². The molecule has 0 saturated heterocycles. The smallest absolute Gasteiger partial charge is 0.240 e. The van der Waals surface area contributed by atoms with Crippen molar-refractivity contribution < 1.29 is 22.6 Å². The van der Waals surface area contributed by atoms with Crippen LogP contribution in [0.4, 0.5) is 0 Å². The summed E-state index contributed by atoms with van der Waals surface area (Å²) in [5.74, 6) is 2.18. The van der Waals surface area contributed by atoms with Crippen molar-refractivity contribution in [3.63, 3.8) is 0 Å². The maximum atomic E-state index is 12.6. The average molecular weight is 377 g/mol. The van der Waals surface area contributed by atoms with E-state index in [9.17, 15) is 8.42 Å². The molecular formula is C19H23NO5S. The highest BCUT2D eigenvalue weighted by molar-refractivity contribution is 7.89. The van der Waals surface area contributed by atoms with Gasteiger partial charge >= 0.3 is 0 Å². The Hall–Kier alpha value is -2.25. The Kier molecular flexibility index (Phi) is 5.38. The fourth-order valence-corrected chi connectivity index (χ4v) is 4.33. The number of fused-ring (bicyclic) bond motifs is 1. The molecule has 0 aliphatic carbocycles. The SMILES string of the molecule is COc1cc(C)c(S(=O)(=O)NCCCc2ccc3c(c2)OCO3)cc1C. The highest BCUT2D eigenvalue weighted by atomic mass is 32.2. The zero-order valence-electron chi connectivity index (χ0n) is 15.2. The van der Waals surface area contributed by atoms with Crippen LogP contribution in [0.25, 0.3) is 0 Å². The van der Waals surface area contributed by atoms with Crippen molar-refractivity contribution in [1.82, 2.24) is 4.72 Å². The molecular weight excluding hydrogens is 354 g/mol. The van der Waals surface area contributed by atoms with Gasteiger partial charge in [0.25, 0.3) is 0 Å². The van der Waals surface area contributed by atoms with Crippen LogP contribution in [0, 0.1) is 13.8 Å². The molecule has 2 aromatic carbocycles. The van der Waals surface area contributed by atoms with E-state index in [1.54, 1.807) is 26.2 Å². The van der Waals surface area contributed by atoms with Gasteiger partial charge in [0.05, 0.1) is 12.0 Å². The fraction of sp³-hybridized carbons (Fsp3) is 0.368. The second-order valence-corrected chi connectivity index (χ2v) is 8.01. The largest absolute Gasteiger partial charge is 0.496 e. The van der Waals surface area contributed by atoms with Gasteiger partial charge in [-0.1, -0.05) is 6.07 Å². The minimum Gasteiger partial charge on any atom is -0.496 e. The molecule has 6 nitrogen and oxygen atoms in total. The fourth-order valence-electron chi connectivity index (χ4n) is 2.95. The van der Waals surface area contributed by atoms with Gasteiger partial charge in [-0.05, 0) is 67.6 Å². The van der Waals surface area contributed by atoms with Gasteiger partial charge in [-0.25, -0.2) is 13.1 Å². The molecule has 1 aliphatic rings. The normalized spacial score (nSPS) is 13.0. The Morgan fingerprint density at radius 2 is 1.85 bits per heavy atom. The molecule has 7 heteroatoms. The first-order chi connectivity index (χ1) is 12.4. The Morgan fingerprint density at radius 3 is 2.62 bits per heavy atom. The zero-order chi connectivity index (χ0) is 18.7. The van der Waals surface area contributed by atoms with Crippen LogP contribution < -0.4 is 18.9 Å². The molecule has 1 heterocycles. The lowest BCUT2D eigenvalue weighted by molar-refractivity contribution is 0.174. The van der Waals surface area contributed by atoms with Crippen LogP contribution >= 0.6 is 0 Å². The van der Waals surface area contributed by atoms with Crippen LogP contribution in [0.1, 0.15) is 23.1 Å². The lowest BCUT2D eigenvalue weighted by atomic mass is 10.1. The van der Waals surface area contributed by atoms with Gasteiger partial charge in [-0.15, -0.1) is 0 Å². The molecule has 0 aromatic heterocycles. The summed E-state index contributed by atoms with van der Waals surface area (Å²) in [7, 11) is -1.98. The maximum absolute atomic E-state index is 12.6. The minimum atomic E-state index is -3.55. The van der Waals surface area contributed by atoms with E-state index in [0.717, 1.165) is 29.0 Å². The third kappa shape index (κ3) is 3.94. The highest BCUT2D eigenvalue weighted by Gasteiger charge is 2.18. The minimum absolute atomic E-state index is 0.249. The maximum Gasteiger partial charge on any atom is 0.240 e. The summed E-state index contributed by atoms with van der Waals surface area (Å²) in [6.45, 7) is 4.21. The molecule has 140 valence electrons. The van der Waals surface area contributed by atoms with Crippen molar-refractivity contribution >= 4 is 10.0 Å². The number of rotatable bonds is 7. The lowest BCUT2D eigenvalue weighted by Gasteiger charge is -2.13. The molecule has 3 rings (SSSR count). The van der Waals surface area contributed by atoms with Crippen LogP contribution in [0.2, 0.25) is 0 Å². The predicted octanol–water partition coefficient (Wildman–Crippen LogP) is 2.95. The molecule has 0 radical (unpaired) electrons. The zero-order valence-corrected chi connectivity index (χ0v) is 16.0. The number of sulfonamides is 1.